The Labute approximate surface area is 99.9 Å². The number of ether oxygens (including phenoxy) is 1. The third kappa shape index (κ3) is 3.46. The van der Waals surface area contributed by atoms with E-state index >= 15 is 0 Å². The number of nitrogens with one attached hydrogen (secondary N) is 3. The molecule has 16 heavy (non-hydrogen) atoms. The molecule has 1 aromatic rings. The monoisotopic (exact) mass is 240 g/mol. The number of rotatable bonds is 4. The summed E-state index contributed by atoms with van der Waals surface area (Å²) in [4.78, 5) is 0. The molecule has 88 valence electrons. The van der Waals surface area contributed by atoms with E-state index in [2.05, 4.69) is 20.8 Å². The Morgan fingerprint density at radius 1 is 1.62 bits per heavy atom. The van der Waals surface area contributed by atoms with Gasteiger partial charge in [0.05, 0.1) is 18.3 Å². The average molecular weight is 240 g/mol. The SMILES string of the molecule is S=C(NCc1ccn[nH]1)NCC1CCCO1. The van der Waals surface area contributed by atoms with Crippen molar-refractivity contribution in [1.82, 2.24) is 20.8 Å². The van der Waals surface area contributed by atoms with Crippen LogP contribution in [-0.4, -0.2) is 34.6 Å². The first-order chi connectivity index (χ1) is 7.84. The first-order valence-electron chi connectivity index (χ1n) is 5.46. The molecular weight excluding hydrogens is 224 g/mol. The van der Waals surface area contributed by atoms with E-state index in [1.54, 1.807) is 6.20 Å². The zero-order valence-corrected chi connectivity index (χ0v) is 9.85. The quantitative estimate of drug-likeness (QED) is 0.671. The number of H-pyrrole nitrogens is 1. The van der Waals surface area contributed by atoms with E-state index in [-0.39, 0.29) is 0 Å². The fraction of sp³-hybridized carbons (Fsp3) is 0.600. The van der Waals surface area contributed by atoms with Crippen molar-refractivity contribution in [3.63, 3.8) is 0 Å². The topological polar surface area (TPSA) is 62.0 Å². The third-order valence-electron chi connectivity index (χ3n) is 2.51. The number of nitrogens with zero attached hydrogens (tertiary/aromatic N) is 1. The van der Waals surface area contributed by atoms with E-state index in [1.165, 1.54) is 0 Å². The van der Waals surface area contributed by atoms with Gasteiger partial charge in [0.1, 0.15) is 0 Å². The minimum Gasteiger partial charge on any atom is -0.376 e. The molecule has 0 radical (unpaired) electrons. The van der Waals surface area contributed by atoms with Crippen molar-refractivity contribution < 1.29 is 4.74 Å². The van der Waals surface area contributed by atoms with Crippen molar-refractivity contribution in [3.8, 4) is 0 Å². The van der Waals surface area contributed by atoms with E-state index in [0.29, 0.717) is 17.8 Å². The van der Waals surface area contributed by atoms with E-state index < -0.39 is 0 Å². The molecule has 0 saturated carbocycles. The Hall–Kier alpha value is -1.14. The van der Waals surface area contributed by atoms with Crippen LogP contribution in [0.3, 0.4) is 0 Å². The van der Waals surface area contributed by atoms with Gasteiger partial charge in [0.25, 0.3) is 0 Å². The summed E-state index contributed by atoms with van der Waals surface area (Å²) in [7, 11) is 0. The molecule has 3 N–H and O–H groups in total. The summed E-state index contributed by atoms with van der Waals surface area (Å²) in [6.07, 6.45) is 4.31. The Bertz CT molecular complexity index is 322. The lowest BCUT2D eigenvalue weighted by molar-refractivity contribution is 0.114. The second-order valence-electron chi connectivity index (χ2n) is 3.78. The van der Waals surface area contributed by atoms with Gasteiger partial charge < -0.3 is 15.4 Å². The summed E-state index contributed by atoms with van der Waals surface area (Å²) in [5.74, 6) is 0. The van der Waals surface area contributed by atoms with Crippen molar-refractivity contribution in [1.29, 1.82) is 0 Å². The van der Waals surface area contributed by atoms with Crippen LogP contribution in [0.1, 0.15) is 18.5 Å². The van der Waals surface area contributed by atoms with Crippen molar-refractivity contribution in [2.75, 3.05) is 13.2 Å². The van der Waals surface area contributed by atoms with Crippen molar-refractivity contribution >= 4 is 17.3 Å². The fourth-order valence-corrected chi connectivity index (χ4v) is 1.79. The van der Waals surface area contributed by atoms with Crippen LogP contribution in [0.25, 0.3) is 0 Å². The van der Waals surface area contributed by atoms with Gasteiger partial charge in [0.2, 0.25) is 0 Å². The van der Waals surface area contributed by atoms with Gasteiger partial charge in [-0.3, -0.25) is 5.10 Å². The van der Waals surface area contributed by atoms with E-state index in [0.717, 1.165) is 31.7 Å². The van der Waals surface area contributed by atoms with Gasteiger partial charge in [-0.05, 0) is 31.1 Å². The lowest BCUT2D eigenvalue weighted by Gasteiger charge is -2.13. The number of aromatic amines is 1. The molecular formula is C10H16N4OS. The van der Waals surface area contributed by atoms with Crippen LogP contribution in [0, 0.1) is 0 Å². The van der Waals surface area contributed by atoms with Gasteiger partial charge in [-0.25, -0.2) is 0 Å². The molecule has 5 nitrogen and oxygen atoms in total. The molecule has 0 amide bonds. The molecule has 1 fully saturated rings. The van der Waals surface area contributed by atoms with Crippen LogP contribution in [0.4, 0.5) is 0 Å². The molecule has 0 spiro atoms. The van der Waals surface area contributed by atoms with Crippen LogP contribution >= 0.6 is 12.2 Å². The van der Waals surface area contributed by atoms with Gasteiger partial charge in [0, 0.05) is 19.3 Å². The van der Waals surface area contributed by atoms with Crippen LogP contribution in [0.5, 0.6) is 0 Å². The average Bonchev–Trinajstić information content (AvgIpc) is 2.96. The van der Waals surface area contributed by atoms with E-state index in [9.17, 15) is 0 Å². The smallest absolute Gasteiger partial charge is 0.166 e. The van der Waals surface area contributed by atoms with Crippen LogP contribution < -0.4 is 10.6 Å². The molecule has 1 aliphatic heterocycles. The zero-order valence-electron chi connectivity index (χ0n) is 9.03. The molecule has 2 rings (SSSR count). The normalized spacial score (nSPS) is 19.6. The molecule has 2 heterocycles. The minimum absolute atomic E-state index is 0.312. The highest BCUT2D eigenvalue weighted by Crippen LogP contribution is 2.10. The van der Waals surface area contributed by atoms with Crippen molar-refractivity contribution in [3.05, 3.63) is 18.0 Å². The molecule has 6 heteroatoms. The summed E-state index contributed by atoms with van der Waals surface area (Å²) in [6.45, 7) is 2.33. The van der Waals surface area contributed by atoms with Gasteiger partial charge in [0.15, 0.2) is 5.11 Å². The molecule has 0 bridgehead atoms. The van der Waals surface area contributed by atoms with Gasteiger partial charge in [-0.15, -0.1) is 0 Å². The molecule has 1 saturated heterocycles. The Kier molecular flexibility index (Phi) is 4.12. The second-order valence-corrected chi connectivity index (χ2v) is 4.19. The molecule has 1 atom stereocenters. The highest BCUT2D eigenvalue weighted by atomic mass is 32.1. The Morgan fingerprint density at radius 2 is 2.56 bits per heavy atom. The van der Waals surface area contributed by atoms with Crippen LogP contribution in [-0.2, 0) is 11.3 Å². The number of hydrogen-bond acceptors (Lipinski definition) is 3. The lowest BCUT2D eigenvalue weighted by atomic mass is 10.2. The number of thiocarbonyl (C=S) groups is 1. The first-order valence-corrected chi connectivity index (χ1v) is 5.87. The fourth-order valence-electron chi connectivity index (χ4n) is 1.63. The molecule has 0 aliphatic carbocycles. The van der Waals surface area contributed by atoms with Crippen molar-refractivity contribution in [2.24, 2.45) is 0 Å². The summed E-state index contributed by atoms with van der Waals surface area (Å²) >= 11 is 5.15. The van der Waals surface area contributed by atoms with Crippen LogP contribution in [0.2, 0.25) is 0 Å². The Balaban J connectivity index is 1.60. The van der Waals surface area contributed by atoms with Gasteiger partial charge in [-0.1, -0.05) is 0 Å². The number of hydrogen-bond donors (Lipinski definition) is 3. The summed E-state index contributed by atoms with van der Waals surface area (Å²) in [5.41, 5.74) is 1.02. The maximum absolute atomic E-state index is 5.49. The summed E-state index contributed by atoms with van der Waals surface area (Å²) in [6, 6.07) is 1.91. The van der Waals surface area contributed by atoms with Gasteiger partial charge >= 0.3 is 0 Å². The maximum Gasteiger partial charge on any atom is 0.166 e. The maximum atomic E-state index is 5.49. The highest BCUT2D eigenvalue weighted by Gasteiger charge is 2.14. The second kappa shape index (κ2) is 5.81. The summed E-state index contributed by atoms with van der Waals surface area (Å²) < 4.78 is 5.49. The first kappa shape index (κ1) is 11.3. The molecule has 1 unspecified atom stereocenters. The molecule has 1 aromatic heterocycles. The van der Waals surface area contributed by atoms with E-state index in [1.807, 2.05) is 6.07 Å². The predicted octanol–water partition coefficient (Wildman–Crippen LogP) is 0.553. The lowest BCUT2D eigenvalue weighted by Crippen LogP contribution is -2.39. The van der Waals surface area contributed by atoms with Crippen molar-refractivity contribution in [2.45, 2.75) is 25.5 Å². The van der Waals surface area contributed by atoms with Gasteiger partial charge in [-0.2, -0.15) is 5.10 Å². The number of aromatic nitrogens is 2. The standard InChI is InChI=1S/C10H16N4OS/c16-10(11-6-8-3-4-13-14-8)12-7-9-2-1-5-15-9/h3-4,9H,1-2,5-7H2,(H,13,14)(H2,11,12,16). The zero-order chi connectivity index (χ0) is 11.2. The minimum atomic E-state index is 0.312. The van der Waals surface area contributed by atoms with E-state index in [4.69, 9.17) is 17.0 Å². The molecule has 0 aromatic carbocycles. The molecule has 1 aliphatic rings. The van der Waals surface area contributed by atoms with Crippen LogP contribution in [0.15, 0.2) is 12.3 Å². The largest absolute Gasteiger partial charge is 0.376 e. The highest BCUT2D eigenvalue weighted by molar-refractivity contribution is 7.80. The summed E-state index contributed by atoms with van der Waals surface area (Å²) in [5, 5.41) is 13.6. The Morgan fingerprint density at radius 3 is 3.25 bits per heavy atom. The third-order valence-corrected chi connectivity index (χ3v) is 2.80. The predicted molar refractivity (Wildman–Crippen MR) is 65.0 cm³/mol.